The highest BCUT2D eigenvalue weighted by Crippen LogP contribution is 2.13. The first-order valence-electron chi connectivity index (χ1n) is 7.36. The summed E-state index contributed by atoms with van der Waals surface area (Å²) in [5.74, 6) is 0.704. The number of nitrogens with one attached hydrogen (secondary N) is 2. The molecule has 1 aromatic carbocycles. The van der Waals surface area contributed by atoms with Crippen LogP contribution in [0.5, 0.6) is 0 Å². The molecule has 0 aromatic heterocycles. The Morgan fingerprint density at radius 1 is 1.50 bits per heavy atom. The first-order valence-corrected chi connectivity index (χ1v) is 7.36. The number of methoxy groups -OCH3 is 1. The summed E-state index contributed by atoms with van der Waals surface area (Å²) in [7, 11) is 1.66. The zero-order valence-electron chi connectivity index (χ0n) is 12.2. The number of hydrogen-bond acceptors (Lipinski definition) is 3. The van der Waals surface area contributed by atoms with Crippen molar-refractivity contribution in [3.8, 4) is 0 Å². The van der Waals surface area contributed by atoms with Gasteiger partial charge >= 0.3 is 0 Å². The largest absolute Gasteiger partial charge is 0.380 e. The average Bonchev–Trinajstić information content (AvgIpc) is 2.49. The Morgan fingerprint density at radius 3 is 3.15 bits per heavy atom. The fraction of sp³-hybridized carbons (Fsp3) is 0.562. The smallest absolute Gasteiger partial charge is 0.251 e. The van der Waals surface area contributed by atoms with Crippen LogP contribution in [0.15, 0.2) is 24.3 Å². The van der Waals surface area contributed by atoms with Gasteiger partial charge in [0.05, 0.1) is 6.61 Å². The van der Waals surface area contributed by atoms with Gasteiger partial charge in [-0.3, -0.25) is 4.79 Å². The predicted molar refractivity (Wildman–Crippen MR) is 79.7 cm³/mol. The number of benzene rings is 1. The van der Waals surface area contributed by atoms with E-state index in [2.05, 4.69) is 10.6 Å². The van der Waals surface area contributed by atoms with E-state index in [4.69, 9.17) is 4.74 Å². The van der Waals surface area contributed by atoms with Gasteiger partial charge in [0.25, 0.3) is 5.91 Å². The van der Waals surface area contributed by atoms with Crippen molar-refractivity contribution in [1.29, 1.82) is 0 Å². The summed E-state index contributed by atoms with van der Waals surface area (Å²) in [6.07, 6.45) is 3.57. The number of piperidine rings is 1. The monoisotopic (exact) mass is 276 g/mol. The van der Waals surface area contributed by atoms with Crippen LogP contribution < -0.4 is 10.6 Å². The highest BCUT2D eigenvalue weighted by atomic mass is 16.5. The zero-order chi connectivity index (χ0) is 14.2. The topological polar surface area (TPSA) is 50.4 Å². The summed E-state index contributed by atoms with van der Waals surface area (Å²) in [5.41, 5.74) is 1.73. The molecule has 1 aliphatic heterocycles. The molecule has 1 aliphatic rings. The second-order valence-corrected chi connectivity index (χ2v) is 5.39. The summed E-state index contributed by atoms with van der Waals surface area (Å²) in [4.78, 5) is 12.1. The number of hydrogen-bond donors (Lipinski definition) is 2. The summed E-state index contributed by atoms with van der Waals surface area (Å²) in [5, 5.41) is 6.41. The standard InChI is InChI=1S/C16H24N2O2/c1-20-12-14-4-2-6-15(10-14)16(19)18-9-7-13-5-3-8-17-11-13/h2,4,6,10,13,17H,3,5,7-9,11-12H2,1H3,(H,18,19). The van der Waals surface area contributed by atoms with E-state index in [1.54, 1.807) is 7.11 Å². The van der Waals surface area contributed by atoms with Gasteiger partial charge in [-0.2, -0.15) is 0 Å². The van der Waals surface area contributed by atoms with Crippen LogP contribution in [0, 0.1) is 5.92 Å². The molecule has 0 bridgehead atoms. The van der Waals surface area contributed by atoms with E-state index >= 15 is 0 Å². The van der Waals surface area contributed by atoms with Crippen LogP contribution in [0.1, 0.15) is 35.2 Å². The summed E-state index contributed by atoms with van der Waals surface area (Å²) in [6.45, 7) is 3.50. The van der Waals surface area contributed by atoms with Crippen LogP contribution in [0.4, 0.5) is 0 Å². The minimum Gasteiger partial charge on any atom is -0.380 e. The van der Waals surface area contributed by atoms with Crippen molar-refractivity contribution >= 4 is 5.91 Å². The second-order valence-electron chi connectivity index (χ2n) is 5.39. The highest BCUT2D eigenvalue weighted by molar-refractivity contribution is 5.94. The van der Waals surface area contributed by atoms with Crippen molar-refractivity contribution in [2.24, 2.45) is 5.92 Å². The van der Waals surface area contributed by atoms with Gasteiger partial charge in [0.1, 0.15) is 0 Å². The van der Waals surface area contributed by atoms with E-state index in [0.717, 1.165) is 31.6 Å². The lowest BCUT2D eigenvalue weighted by atomic mass is 9.96. The molecule has 1 heterocycles. The molecule has 0 aliphatic carbocycles. The third-order valence-electron chi connectivity index (χ3n) is 3.74. The molecule has 0 spiro atoms. The van der Waals surface area contributed by atoms with Crippen LogP contribution in [-0.2, 0) is 11.3 Å². The third-order valence-corrected chi connectivity index (χ3v) is 3.74. The SMILES string of the molecule is COCc1cccc(C(=O)NCCC2CCCNC2)c1. The minimum absolute atomic E-state index is 0.00622. The summed E-state index contributed by atoms with van der Waals surface area (Å²) < 4.78 is 5.08. The Hall–Kier alpha value is -1.39. The molecule has 4 nitrogen and oxygen atoms in total. The van der Waals surface area contributed by atoms with Crippen molar-refractivity contribution in [2.75, 3.05) is 26.7 Å². The maximum absolute atomic E-state index is 12.1. The van der Waals surface area contributed by atoms with Gasteiger partial charge in [-0.25, -0.2) is 0 Å². The van der Waals surface area contributed by atoms with Crippen LogP contribution >= 0.6 is 0 Å². The van der Waals surface area contributed by atoms with E-state index in [1.807, 2.05) is 24.3 Å². The lowest BCUT2D eigenvalue weighted by molar-refractivity contribution is 0.0950. The van der Waals surface area contributed by atoms with Gasteiger partial charge in [-0.05, 0) is 56.0 Å². The van der Waals surface area contributed by atoms with Crippen LogP contribution in [0.3, 0.4) is 0 Å². The number of carbonyl (C=O) groups is 1. The number of rotatable bonds is 6. The van der Waals surface area contributed by atoms with Crippen LogP contribution in [0.2, 0.25) is 0 Å². The van der Waals surface area contributed by atoms with Gasteiger partial charge in [0.15, 0.2) is 0 Å². The molecule has 1 unspecified atom stereocenters. The number of amides is 1. The normalized spacial score (nSPS) is 18.8. The molecule has 1 atom stereocenters. The number of ether oxygens (including phenoxy) is 1. The van der Waals surface area contributed by atoms with Crippen molar-refractivity contribution in [2.45, 2.75) is 25.9 Å². The molecular weight excluding hydrogens is 252 g/mol. The average molecular weight is 276 g/mol. The summed E-state index contributed by atoms with van der Waals surface area (Å²) >= 11 is 0. The van der Waals surface area contributed by atoms with E-state index in [-0.39, 0.29) is 5.91 Å². The molecule has 0 saturated carbocycles. The molecule has 20 heavy (non-hydrogen) atoms. The molecule has 1 amide bonds. The number of carbonyl (C=O) groups excluding carboxylic acids is 1. The Balaban J connectivity index is 1.77. The van der Waals surface area contributed by atoms with Gasteiger partial charge in [-0.1, -0.05) is 12.1 Å². The first-order chi connectivity index (χ1) is 9.79. The Kier molecular flexibility index (Phi) is 6.02. The molecule has 0 radical (unpaired) electrons. The Labute approximate surface area is 120 Å². The van der Waals surface area contributed by atoms with Crippen molar-refractivity contribution in [3.63, 3.8) is 0 Å². The van der Waals surface area contributed by atoms with Gasteiger partial charge < -0.3 is 15.4 Å². The lowest BCUT2D eigenvalue weighted by Gasteiger charge is -2.22. The Bertz CT molecular complexity index is 428. The van der Waals surface area contributed by atoms with Gasteiger partial charge in [0.2, 0.25) is 0 Å². The van der Waals surface area contributed by atoms with E-state index < -0.39 is 0 Å². The third kappa shape index (κ3) is 4.62. The van der Waals surface area contributed by atoms with E-state index in [0.29, 0.717) is 18.1 Å². The first kappa shape index (κ1) is 15.0. The van der Waals surface area contributed by atoms with Crippen molar-refractivity contribution < 1.29 is 9.53 Å². The molecular formula is C16H24N2O2. The fourth-order valence-electron chi connectivity index (χ4n) is 2.63. The second kappa shape index (κ2) is 8.02. The molecule has 4 heteroatoms. The highest BCUT2D eigenvalue weighted by Gasteiger charge is 2.13. The quantitative estimate of drug-likeness (QED) is 0.835. The van der Waals surface area contributed by atoms with Gasteiger partial charge in [0, 0.05) is 19.2 Å². The molecule has 1 saturated heterocycles. The zero-order valence-corrected chi connectivity index (χ0v) is 12.2. The van der Waals surface area contributed by atoms with Crippen LogP contribution in [-0.4, -0.2) is 32.7 Å². The van der Waals surface area contributed by atoms with Crippen molar-refractivity contribution in [1.82, 2.24) is 10.6 Å². The molecule has 2 N–H and O–H groups in total. The molecule has 2 rings (SSSR count). The molecule has 1 fully saturated rings. The van der Waals surface area contributed by atoms with E-state index in [9.17, 15) is 4.79 Å². The predicted octanol–water partition coefficient (Wildman–Crippen LogP) is 1.95. The fourth-order valence-corrected chi connectivity index (χ4v) is 2.63. The minimum atomic E-state index is 0.00622. The van der Waals surface area contributed by atoms with Crippen LogP contribution in [0.25, 0.3) is 0 Å². The van der Waals surface area contributed by atoms with Crippen molar-refractivity contribution in [3.05, 3.63) is 35.4 Å². The Morgan fingerprint density at radius 2 is 2.40 bits per heavy atom. The van der Waals surface area contributed by atoms with Gasteiger partial charge in [-0.15, -0.1) is 0 Å². The maximum Gasteiger partial charge on any atom is 0.251 e. The lowest BCUT2D eigenvalue weighted by Crippen LogP contribution is -2.33. The summed E-state index contributed by atoms with van der Waals surface area (Å²) in [6, 6.07) is 7.60. The maximum atomic E-state index is 12.1. The molecule has 110 valence electrons. The molecule has 1 aromatic rings. The van der Waals surface area contributed by atoms with E-state index in [1.165, 1.54) is 12.8 Å².